The Hall–Kier alpha value is -2.64. The van der Waals surface area contributed by atoms with Gasteiger partial charge in [-0.1, -0.05) is 88.4 Å². The summed E-state index contributed by atoms with van der Waals surface area (Å²) in [6.07, 6.45) is -0.280. The second-order valence-electron chi connectivity index (χ2n) is 11.0. The van der Waals surface area contributed by atoms with Gasteiger partial charge in [0.2, 0.25) is 0 Å². The lowest BCUT2D eigenvalue weighted by atomic mass is 10.0. The van der Waals surface area contributed by atoms with E-state index in [1.165, 1.54) is 17.5 Å². The van der Waals surface area contributed by atoms with Crippen LogP contribution in [0.25, 0.3) is 0 Å². The quantitative estimate of drug-likeness (QED) is 0.401. The van der Waals surface area contributed by atoms with Crippen LogP contribution in [0, 0.1) is 5.92 Å². The molecule has 35 heavy (non-hydrogen) atoms. The number of methoxy groups -OCH3 is 1. The average molecular weight is 500 g/mol. The Bertz CT molecular complexity index is 911. The number of carbonyl (C=O) groups is 2. The maximum Gasteiger partial charge on any atom is 0.408 e. The smallest absolute Gasteiger partial charge is 0.408 e. The summed E-state index contributed by atoms with van der Waals surface area (Å²) in [6, 6.07) is 20.0. The topological polar surface area (TPSA) is 73.9 Å². The lowest BCUT2D eigenvalue weighted by Crippen LogP contribution is -2.66. The van der Waals surface area contributed by atoms with Gasteiger partial charge in [-0.25, -0.2) is 9.59 Å². The standard InChI is InChI=1S/C28H41NO5Si/c1-21(19-24(25(30)32-8)29-26(31)34-27(2,3)4)20-33-35(28(5,6)7,22-15-11-9-12-16-22)23-17-13-10-14-18-23/h9-18,21,24H,19-20H2,1-8H3,(H,29,31)/t21-,24+/m1/s1. The van der Waals surface area contributed by atoms with E-state index < -0.39 is 32.0 Å². The zero-order valence-corrected chi connectivity index (χ0v) is 23.4. The molecule has 0 saturated carbocycles. The third-order valence-electron chi connectivity index (χ3n) is 5.82. The highest BCUT2D eigenvalue weighted by Gasteiger charge is 2.50. The molecule has 1 amide bonds. The number of benzene rings is 2. The Kier molecular flexibility index (Phi) is 9.69. The van der Waals surface area contributed by atoms with Gasteiger partial charge in [0, 0.05) is 6.61 Å². The first kappa shape index (κ1) is 28.6. The molecule has 0 aliphatic rings. The first-order valence-electron chi connectivity index (χ1n) is 12.1. The van der Waals surface area contributed by atoms with Crippen LogP contribution >= 0.6 is 0 Å². The van der Waals surface area contributed by atoms with E-state index in [1.807, 2.05) is 19.1 Å². The van der Waals surface area contributed by atoms with Crippen LogP contribution in [0.3, 0.4) is 0 Å². The third-order valence-corrected chi connectivity index (χ3v) is 10.8. The molecule has 192 valence electrons. The lowest BCUT2D eigenvalue weighted by Gasteiger charge is -2.43. The summed E-state index contributed by atoms with van der Waals surface area (Å²) in [5.74, 6) is -0.538. The minimum absolute atomic E-state index is 0.0318. The molecular formula is C28H41NO5Si. The van der Waals surface area contributed by atoms with Gasteiger partial charge in [0.1, 0.15) is 11.6 Å². The first-order valence-corrected chi connectivity index (χ1v) is 14.0. The summed E-state index contributed by atoms with van der Waals surface area (Å²) in [5.41, 5.74) is -0.664. The number of alkyl carbamates (subject to hydrolysis) is 1. The van der Waals surface area contributed by atoms with Crippen molar-refractivity contribution in [1.29, 1.82) is 0 Å². The molecule has 0 heterocycles. The van der Waals surface area contributed by atoms with Gasteiger partial charge >= 0.3 is 12.1 Å². The van der Waals surface area contributed by atoms with Crippen molar-refractivity contribution in [3.63, 3.8) is 0 Å². The van der Waals surface area contributed by atoms with E-state index in [4.69, 9.17) is 13.9 Å². The number of rotatable bonds is 9. The summed E-state index contributed by atoms with van der Waals surface area (Å²) in [5, 5.41) is 4.91. The third kappa shape index (κ3) is 7.67. The molecule has 0 saturated heterocycles. The average Bonchev–Trinajstić information content (AvgIpc) is 2.77. The van der Waals surface area contributed by atoms with Crippen LogP contribution in [0.4, 0.5) is 4.79 Å². The van der Waals surface area contributed by atoms with Crippen LogP contribution in [0.15, 0.2) is 60.7 Å². The van der Waals surface area contributed by atoms with Crippen molar-refractivity contribution in [2.24, 2.45) is 5.92 Å². The van der Waals surface area contributed by atoms with E-state index in [1.54, 1.807) is 20.8 Å². The van der Waals surface area contributed by atoms with Gasteiger partial charge in [-0.2, -0.15) is 0 Å². The van der Waals surface area contributed by atoms with E-state index in [0.29, 0.717) is 13.0 Å². The van der Waals surface area contributed by atoms with Crippen LogP contribution in [0.5, 0.6) is 0 Å². The molecule has 0 unspecified atom stereocenters. The Morgan fingerprint density at radius 2 is 1.37 bits per heavy atom. The monoisotopic (exact) mass is 499 g/mol. The van der Waals surface area contributed by atoms with E-state index in [-0.39, 0.29) is 11.0 Å². The molecule has 0 radical (unpaired) electrons. The molecule has 0 spiro atoms. The van der Waals surface area contributed by atoms with Crippen LogP contribution in [-0.4, -0.2) is 45.7 Å². The molecule has 2 rings (SSSR count). The predicted molar refractivity (Wildman–Crippen MR) is 143 cm³/mol. The maximum absolute atomic E-state index is 12.4. The summed E-state index contributed by atoms with van der Waals surface area (Å²) in [6.45, 7) is 14.5. The van der Waals surface area contributed by atoms with Gasteiger partial charge in [-0.05, 0) is 48.5 Å². The van der Waals surface area contributed by atoms with Crippen LogP contribution < -0.4 is 15.7 Å². The second-order valence-corrected chi connectivity index (χ2v) is 15.3. The highest BCUT2D eigenvalue weighted by atomic mass is 28.4. The minimum Gasteiger partial charge on any atom is -0.467 e. The normalized spacial score (nSPS) is 14.1. The van der Waals surface area contributed by atoms with E-state index in [2.05, 4.69) is 74.6 Å². The molecule has 0 aromatic heterocycles. The largest absolute Gasteiger partial charge is 0.467 e. The van der Waals surface area contributed by atoms with Crippen molar-refractivity contribution in [2.45, 2.75) is 71.6 Å². The molecular weight excluding hydrogens is 458 g/mol. The summed E-state index contributed by atoms with van der Waals surface area (Å²) >= 11 is 0. The molecule has 1 N–H and O–H groups in total. The molecule has 0 bridgehead atoms. The van der Waals surface area contributed by atoms with E-state index >= 15 is 0 Å². The zero-order valence-electron chi connectivity index (χ0n) is 22.4. The molecule has 0 fully saturated rings. The number of esters is 1. The van der Waals surface area contributed by atoms with Gasteiger partial charge in [0.05, 0.1) is 7.11 Å². The Morgan fingerprint density at radius 1 is 0.886 bits per heavy atom. The Balaban J connectivity index is 2.30. The highest BCUT2D eigenvalue weighted by molar-refractivity contribution is 6.99. The van der Waals surface area contributed by atoms with Crippen LogP contribution in [0.2, 0.25) is 5.04 Å². The minimum atomic E-state index is -2.69. The Labute approximate surface area is 211 Å². The van der Waals surface area contributed by atoms with E-state index in [9.17, 15) is 9.59 Å². The fourth-order valence-electron chi connectivity index (χ4n) is 4.31. The molecule has 2 atom stereocenters. The van der Waals surface area contributed by atoms with Crippen LogP contribution in [-0.2, 0) is 18.7 Å². The Morgan fingerprint density at radius 3 is 1.77 bits per heavy atom. The maximum atomic E-state index is 12.4. The number of nitrogens with one attached hydrogen (secondary N) is 1. The second kappa shape index (κ2) is 11.9. The van der Waals surface area contributed by atoms with Crippen molar-refractivity contribution >= 4 is 30.8 Å². The lowest BCUT2D eigenvalue weighted by molar-refractivity contribution is -0.143. The fraction of sp³-hybridized carbons (Fsp3) is 0.500. The van der Waals surface area contributed by atoms with E-state index in [0.717, 1.165) is 0 Å². The van der Waals surface area contributed by atoms with Crippen molar-refractivity contribution in [2.75, 3.05) is 13.7 Å². The molecule has 0 aliphatic heterocycles. The number of amides is 1. The number of carbonyl (C=O) groups excluding carboxylic acids is 2. The number of ether oxygens (including phenoxy) is 2. The van der Waals surface area contributed by atoms with Crippen LogP contribution in [0.1, 0.15) is 54.9 Å². The van der Waals surface area contributed by atoms with Gasteiger partial charge in [-0.3, -0.25) is 0 Å². The summed E-state index contributed by atoms with van der Waals surface area (Å²) in [4.78, 5) is 24.8. The van der Waals surface area contributed by atoms with Gasteiger partial charge in [-0.15, -0.1) is 0 Å². The predicted octanol–water partition coefficient (Wildman–Crippen LogP) is 4.66. The van der Waals surface area contributed by atoms with Crippen molar-refractivity contribution in [1.82, 2.24) is 5.32 Å². The van der Waals surface area contributed by atoms with Crippen molar-refractivity contribution < 1.29 is 23.5 Å². The molecule has 7 heteroatoms. The molecule has 2 aromatic carbocycles. The number of hydrogen-bond acceptors (Lipinski definition) is 5. The SMILES string of the molecule is COC(=O)[C@H](C[C@@H](C)CO[Si](c1ccccc1)(c1ccccc1)C(C)(C)C)NC(=O)OC(C)(C)C. The highest BCUT2D eigenvalue weighted by Crippen LogP contribution is 2.37. The molecule has 6 nitrogen and oxygen atoms in total. The van der Waals surface area contributed by atoms with Gasteiger partial charge in [0.25, 0.3) is 8.32 Å². The van der Waals surface area contributed by atoms with Gasteiger partial charge < -0.3 is 19.2 Å². The molecule has 0 aliphatic carbocycles. The zero-order chi connectivity index (χ0) is 26.3. The summed E-state index contributed by atoms with van der Waals surface area (Å²) < 4.78 is 17.2. The first-order chi connectivity index (χ1) is 16.3. The van der Waals surface area contributed by atoms with Crippen molar-refractivity contribution in [3.8, 4) is 0 Å². The fourth-order valence-corrected chi connectivity index (χ4v) is 9.00. The van der Waals surface area contributed by atoms with Crippen molar-refractivity contribution in [3.05, 3.63) is 60.7 Å². The summed E-state index contributed by atoms with van der Waals surface area (Å²) in [7, 11) is -1.38. The molecule has 2 aromatic rings. The number of hydrogen-bond donors (Lipinski definition) is 1. The van der Waals surface area contributed by atoms with Gasteiger partial charge in [0.15, 0.2) is 0 Å².